The maximum Gasteiger partial charge on any atom is 0.118 e. The molecule has 0 saturated carbocycles. The zero-order valence-electron chi connectivity index (χ0n) is 10.8. The van der Waals surface area contributed by atoms with E-state index in [9.17, 15) is 5.11 Å². The van der Waals surface area contributed by atoms with Gasteiger partial charge in [0.1, 0.15) is 5.75 Å². The van der Waals surface area contributed by atoms with Crippen molar-refractivity contribution in [3.8, 4) is 5.75 Å². The van der Waals surface area contributed by atoms with Crippen LogP contribution in [0.1, 0.15) is 18.1 Å². The van der Waals surface area contributed by atoms with Crippen LogP contribution >= 0.6 is 0 Å². The Kier molecular flexibility index (Phi) is 3.68. The maximum absolute atomic E-state index is 10.6. The second-order valence-electron chi connectivity index (χ2n) is 4.66. The van der Waals surface area contributed by atoms with E-state index < -0.39 is 5.60 Å². The molecule has 0 aromatic heterocycles. The van der Waals surface area contributed by atoms with E-state index in [1.54, 1.807) is 7.11 Å². The van der Waals surface area contributed by atoms with Crippen molar-refractivity contribution >= 4 is 0 Å². The molecule has 0 aliphatic rings. The van der Waals surface area contributed by atoms with Crippen LogP contribution < -0.4 is 4.74 Å². The second kappa shape index (κ2) is 5.23. The summed E-state index contributed by atoms with van der Waals surface area (Å²) in [4.78, 5) is 0. The summed E-state index contributed by atoms with van der Waals surface area (Å²) < 4.78 is 5.12. The lowest BCUT2D eigenvalue weighted by molar-refractivity contribution is 0.0576. The van der Waals surface area contributed by atoms with Crippen LogP contribution in [0.25, 0.3) is 0 Å². The third kappa shape index (κ3) is 2.90. The summed E-state index contributed by atoms with van der Waals surface area (Å²) in [6.07, 6.45) is 0.597. The van der Waals surface area contributed by atoms with Crippen molar-refractivity contribution < 1.29 is 9.84 Å². The SMILES string of the molecule is COc1ccc([C@@](C)(O)Cc2ccccc2)cc1. The summed E-state index contributed by atoms with van der Waals surface area (Å²) in [5.41, 5.74) is 1.15. The first-order valence-electron chi connectivity index (χ1n) is 6.03. The van der Waals surface area contributed by atoms with E-state index in [1.165, 1.54) is 0 Å². The Morgan fingerprint density at radius 2 is 1.61 bits per heavy atom. The van der Waals surface area contributed by atoms with E-state index in [4.69, 9.17) is 4.74 Å². The highest BCUT2D eigenvalue weighted by atomic mass is 16.5. The predicted molar refractivity (Wildman–Crippen MR) is 72.7 cm³/mol. The quantitative estimate of drug-likeness (QED) is 0.892. The molecule has 2 aromatic carbocycles. The third-order valence-corrected chi connectivity index (χ3v) is 3.10. The maximum atomic E-state index is 10.6. The smallest absolute Gasteiger partial charge is 0.118 e. The van der Waals surface area contributed by atoms with Gasteiger partial charge in [0.15, 0.2) is 0 Å². The summed E-state index contributed by atoms with van der Waals surface area (Å²) >= 11 is 0. The summed E-state index contributed by atoms with van der Waals surface area (Å²) in [5, 5.41) is 10.6. The summed E-state index contributed by atoms with van der Waals surface area (Å²) in [5.74, 6) is 0.800. The molecule has 0 saturated heterocycles. The number of hydrogen-bond acceptors (Lipinski definition) is 2. The molecular weight excluding hydrogens is 224 g/mol. The van der Waals surface area contributed by atoms with Crippen molar-refractivity contribution in [2.75, 3.05) is 7.11 Å². The topological polar surface area (TPSA) is 29.5 Å². The number of benzene rings is 2. The predicted octanol–water partition coefficient (Wildman–Crippen LogP) is 3.15. The highest BCUT2D eigenvalue weighted by Crippen LogP contribution is 2.26. The van der Waals surface area contributed by atoms with Crippen LogP contribution in [0.5, 0.6) is 5.75 Å². The molecule has 0 aliphatic heterocycles. The van der Waals surface area contributed by atoms with E-state index in [0.29, 0.717) is 6.42 Å². The van der Waals surface area contributed by atoms with Crippen LogP contribution in [0.4, 0.5) is 0 Å². The van der Waals surface area contributed by atoms with Crippen LogP contribution in [0.2, 0.25) is 0 Å². The highest BCUT2D eigenvalue weighted by molar-refractivity contribution is 5.32. The number of ether oxygens (including phenoxy) is 1. The molecule has 0 heterocycles. The van der Waals surface area contributed by atoms with Crippen molar-refractivity contribution in [1.82, 2.24) is 0 Å². The minimum atomic E-state index is -0.867. The fourth-order valence-corrected chi connectivity index (χ4v) is 2.05. The van der Waals surface area contributed by atoms with Gasteiger partial charge < -0.3 is 9.84 Å². The van der Waals surface area contributed by atoms with Gasteiger partial charge in [-0.1, -0.05) is 42.5 Å². The van der Waals surface area contributed by atoms with Gasteiger partial charge in [-0.2, -0.15) is 0 Å². The molecule has 0 fully saturated rings. The molecule has 0 radical (unpaired) electrons. The van der Waals surface area contributed by atoms with Gasteiger partial charge in [-0.05, 0) is 30.2 Å². The standard InChI is InChI=1S/C16H18O2/c1-16(17,12-13-6-4-3-5-7-13)14-8-10-15(18-2)11-9-14/h3-11,17H,12H2,1-2H3/t16-/m0/s1. The normalized spacial score (nSPS) is 13.9. The highest BCUT2D eigenvalue weighted by Gasteiger charge is 2.23. The second-order valence-corrected chi connectivity index (χ2v) is 4.66. The van der Waals surface area contributed by atoms with Crippen LogP contribution in [-0.2, 0) is 12.0 Å². The molecule has 1 atom stereocenters. The molecular formula is C16H18O2. The molecule has 2 heteroatoms. The Balaban J connectivity index is 2.19. The Hall–Kier alpha value is -1.80. The molecule has 0 bridgehead atoms. The van der Waals surface area contributed by atoms with Crippen LogP contribution in [0, 0.1) is 0 Å². The zero-order valence-corrected chi connectivity index (χ0v) is 10.8. The Bertz CT molecular complexity index is 486. The molecule has 0 unspecified atom stereocenters. The number of hydrogen-bond donors (Lipinski definition) is 1. The molecule has 0 aliphatic carbocycles. The molecule has 2 nitrogen and oxygen atoms in total. The van der Waals surface area contributed by atoms with Gasteiger partial charge in [0.05, 0.1) is 12.7 Å². The van der Waals surface area contributed by atoms with Gasteiger partial charge in [-0.25, -0.2) is 0 Å². The molecule has 0 spiro atoms. The van der Waals surface area contributed by atoms with Crippen LogP contribution in [-0.4, -0.2) is 12.2 Å². The number of methoxy groups -OCH3 is 1. The van der Waals surface area contributed by atoms with Gasteiger partial charge in [0, 0.05) is 6.42 Å². The fourth-order valence-electron chi connectivity index (χ4n) is 2.05. The summed E-state index contributed by atoms with van der Waals surface area (Å²) in [6.45, 7) is 1.84. The van der Waals surface area contributed by atoms with E-state index in [2.05, 4.69) is 0 Å². The Morgan fingerprint density at radius 1 is 1.00 bits per heavy atom. The average molecular weight is 242 g/mol. The first-order chi connectivity index (χ1) is 8.62. The fraction of sp³-hybridized carbons (Fsp3) is 0.250. The molecule has 94 valence electrons. The van der Waals surface area contributed by atoms with E-state index in [-0.39, 0.29) is 0 Å². The van der Waals surface area contributed by atoms with E-state index >= 15 is 0 Å². The molecule has 0 amide bonds. The van der Waals surface area contributed by atoms with Crippen LogP contribution in [0.15, 0.2) is 54.6 Å². The minimum Gasteiger partial charge on any atom is -0.497 e. The summed E-state index contributed by atoms with van der Waals surface area (Å²) in [6, 6.07) is 17.5. The Labute approximate surface area is 108 Å². The molecule has 2 rings (SSSR count). The Morgan fingerprint density at radius 3 is 2.17 bits per heavy atom. The number of aliphatic hydroxyl groups is 1. The molecule has 2 aromatic rings. The van der Waals surface area contributed by atoms with Gasteiger partial charge in [0.25, 0.3) is 0 Å². The van der Waals surface area contributed by atoms with Crippen molar-refractivity contribution in [2.24, 2.45) is 0 Å². The number of rotatable bonds is 4. The van der Waals surface area contributed by atoms with Gasteiger partial charge >= 0.3 is 0 Å². The van der Waals surface area contributed by atoms with Crippen LogP contribution in [0.3, 0.4) is 0 Å². The molecule has 1 N–H and O–H groups in total. The lowest BCUT2D eigenvalue weighted by Gasteiger charge is -2.24. The summed E-state index contributed by atoms with van der Waals surface area (Å²) in [7, 11) is 1.64. The average Bonchev–Trinajstić information content (AvgIpc) is 2.39. The first kappa shape index (κ1) is 12.7. The van der Waals surface area contributed by atoms with Crippen molar-refractivity contribution in [1.29, 1.82) is 0 Å². The minimum absolute atomic E-state index is 0.597. The van der Waals surface area contributed by atoms with Crippen molar-refractivity contribution in [3.05, 3.63) is 65.7 Å². The van der Waals surface area contributed by atoms with E-state index in [1.807, 2.05) is 61.5 Å². The lowest BCUT2D eigenvalue weighted by Crippen LogP contribution is -2.24. The van der Waals surface area contributed by atoms with Crippen molar-refractivity contribution in [3.63, 3.8) is 0 Å². The monoisotopic (exact) mass is 242 g/mol. The lowest BCUT2D eigenvalue weighted by atomic mass is 9.89. The van der Waals surface area contributed by atoms with Gasteiger partial charge in [-0.3, -0.25) is 0 Å². The first-order valence-corrected chi connectivity index (χ1v) is 6.03. The van der Waals surface area contributed by atoms with Gasteiger partial charge in [0.2, 0.25) is 0 Å². The van der Waals surface area contributed by atoms with Gasteiger partial charge in [-0.15, -0.1) is 0 Å². The van der Waals surface area contributed by atoms with Crippen molar-refractivity contribution in [2.45, 2.75) is 18.9 Å². The van der Waals surface area contributed by atoms with E-state index in [0.717, 1.165) is 16.9 Å². The molecule has 18 heavy (non-hydrogen) atoms. The largest absolute Gasteiger partial charge is 0.497 e. The zero-order chi connectivity index (χ0) is 13.0. The third-order valence-electron chi connectivity index (χ3n) is 3.10.